The van der Waals surface area contributed by atoms with Crippen LogP contribution in [0.4, 0.5) is 23.3 Å². The molecule has 0 aromatic carbocycles. The minimum Gasteiger partial charge on any atom is -0.381 e. The summed E-state index contributed by atoms with van der Waals surface area (Å²) in [5.74, 6) is 0.829. The number of fused-ring (bicyclic) bond motifs is 4. The molecule has 10 rings (SSSR count). The molecule has 0 spiro atoms. The van der Waals surface area contributed by atoms with Crippen molar-refractivity contribution in [1.29, 1.82) is 0 Å². The third kappa shape index (κ3) is 8.92. The molecule has 2 amide bonds. The molecule has 22 nitrogen and oxygen atoms in total. The van der Waals surface area contributed by atoms with Crippen LogP contribution in [-0.2, 0) is 19.7 Å². The first-order valence-electron chi connectivity index (χ1n) is 21.4. The number of imidazole rings is 2. The highest BCUT2D eigenvalue weighted by Gasteiger charge is 2.35. The van der Waals surface area contributed by atoms with Gasteiger partial charge in [-0.25, -0.2) is 45.8 Å². The smallest absolute Gasteiger partial charge is 0.259 e. The first-order valence-corrected chi connectivity index (χ1v) is 25.5. The second kappa shape index (κ2) is 18.6. The van der Waals surface area contributed by atoms with Gasteiger partial charge in [-0.3, -0.25) is 18.4 Å². The lowest BCUT2D eigenvalue weighted by molar-refractivity contribution is 0.0933. The number of anilines is 4. The maximum atomic E-state index is 13.2. The van der Waals surface area contributed by atoms with Gasteiger partial charge in [-0.15, -0.1) is 10.2 Å². The predicted molar refractivity (Wildman–Crippen MR) is 265 cm³/mol. The molecule has 364 valence electrons. The molecule has 4 atom stereocenters. The van der Waals surface area contributed by atoms with Crippen LogP contribution in [0.5, 0.6) is 0 Å². The molecular weight excluding hydrogens is 972 g/mol. The van der Waals surface area contributed by atoms with E-state index in [2.05, 4.69) is 40.8 Å². The first kappa shape index (κ1) is 48.7. The Hall–Kier alpha value is -6.76. The summed E-state index contributed by atoms with van der Waals surface area (Å²) in [4.78, 5) is 47.3. The molecule has 69 heavy (non-hydrogen) atoms. The number of rotatable bonds is 8. The van der Waals surface area contributed by atoms with Crippen molar-refractivity contribution in [3.63, 3.8) is 0 Å². The van der Waals surface area contributed by atoms with E-state index < -0.39 is 54.1 Å². The van der Waals surface area contributed by atoms with Crippen LogP contribution in [0.3, 0.4) is 0 Å². The summed E-state index contributed by atoms with van der Waals surface area (Å²) in [6, 6.07) is 5.95. The van der Waals surface area contributed by atoms with Gasteiger partial charge in [0.1, 0.15) is 35.4 Å². The van der Waals surface area contributed by atoms with E-state index in [0.717, 1.165) is 22.8 Å². The number of nitrogens with one attached hydrogen (secondary N) is 2. The Morgan fingerprint density at radius 2 is 1.09 bits per heavy atom. The number of halogens is 2. The number of amides is 2. The van der Waals surface area contributed by atoms with Crippen LogP contribution in [-0.4, -0.2) is 125 Å². The zero-order valence-corrected chi connectivity index (χ0v) is 40.2. The van der Waals surface area contributed by atoms with Crippen molar-refractivity contribution in [3.8, 4) is 0 Å². The van der Waals surface area contributed by atoms with E-state index in [1.165, 1.54) is 9.03 Å². The Labute approximate surface area is 406 Å². The number of carbonyl (C=O) groups is 2. The van der Waals surface area contributed by atoms with Crippen LogP contribution in [0, 0.1) is 0 Å². The largest absolute Gasteiger partial charge is 0.381 e. The highest BCUT2D eigenvalue weighted by atomic mass is 35.5. The van der Waals surface area contributed by atoms with Crippen molar-refractivity contribution in [2.45, 2.75) is 57.7 Å². The Kier molecular flexibility index (Phi) is 13.1. The van der Waals surface area contributed by atoms with Gasteiger partial charge < -0.3 is 31.9 Å². The van der Waals surface area contributed by atoms with Crippen molar-refractivity contribution in [1.82, 2.24) is 58.6 Å². The Balaban J connectivity index is 0.000000183. The molecule has 8 aromatic heterocycles. The minimum absolute atomic E-state index is 0. The monoisotopic (exact) mass is 1020 g/mol. The molecular formula is C43H50Cl2N16O6S2. The molecule has 0 unspecified atom stereocenters. The summed E-state index contributed by atoms with van der Waals surface area (Å²) in [5.41, 5.74) is 15.9. The maximum Gasteiger partial charge on any atom is 0.259 e. The quantitative estimate of drug-likeness (QED) is 0.167. The van der Waals surface area contributed by atoms with E-state index in [0.29, 0.717) is 58.6 Å². The second-order valence-corrected chi connectivity index (χ2v) is 22.7. The molecule has 2 saturated heterocycles. The predicted octanol–water partition coefficient (Wildman–Crippen LogP) is 4.09. The Bertz CT molecular complexity index is 3290. The van der Waals surface area contributed by atoms with Crippen molar-refractivity contribution >= 4 is 100 Å². The summed E-state index contributed by atoms with van der Waals surface area (Å²) in [6.45, 7) is 8.33. The molecule has 26 heteroatoms. The normalized spacial score (nSPS) is 18.6. The number of aromatic nitrogens is 10. The van der Waals surface area contributed by atoms with E-state index in [1.807, 2.05) is 32.4 Å². The van der Waals surface area contributed by atoms with Gasteiger partial charge in [0.15, 0.2) is 42.6 Å². The van der Waals surface area contributed by atoms with Gasteiger partial charge in [0, 0.05) is 62.1 Å². The summed E-state index contributed by atoms with van der Waals surface area (Å²) < 4.78 is 55.8. The second-order valence-electron chi connectivity index (χ2n) is 16.8. The third-order valence-electron chi connectivity index (χ3n) is 12.3. The average Bonchev–Trinajstić information content (AvgIpc) is 4.11. The van der Waals surface area contributed by atoms with Crippen LogP contribution >= 0.6 is 23.2 Å². The van der Waals surface area contributed by atoms with Crippen molar-refractivity contribution in [2.24, 2.45) is 0 Å². The van der Waals surface area contributed by atoms with Gasteiger partial charge in [-0.1, -0.05) is 30.6 Å². The molecule has 8 aromatic rings. The topological polar surface area (TPSA) is 280 Å². The van der Waals surface area contributed by atoms with Crippen LogP contribution in [0.15, 0.2) is 74.1 Å². The van der Waals surface area contributed by atoms with Gasteiger partial charge in [-0.05, 0) is 52.0 Å². The molecule has 2 aliphatic heterocycles. The SMILES string of the molecule is C.C[C@H](NC(=O)c1c(N)nn2cccnc12)c1cc(Cl)c2cncn2c1N1CCS(=O)(=O)[C@@H](C)C1.C[C@H](NC(=O)c1c(N)nn2cccnc12)c1cc(Cl)c2cncn2c1N1CCS(=O)(=O)[C@H](C)C1. The van der Waals surface area contributed by atoms with Crippen LogP contribution in [0.1, 0.15) is 79.0 Å². The number of carbonyl (C=O) groups excluding carboxylic acids is 2. The van der Waals surface area contributed by atoms with E-state index in [4.69, 9.17) is 34.7 Å². The van der Waals surface area contributed by atoms with Crippen molar-refractivity contribution < 1.29 is 26.4 Å². The molecule has 0 saturated carbocycles. The van der Waals surface area contributed by atoms with Crippen molar-refractivity contribution in [2.75, 3.05) is 59.0 Å². The zero-order chi connectivity index (χ0) is 48.4. The number of nitrogens with zero attached hydrogens (tertiary/aromatic N) is 12. The standard InChI is InChI=1S/2C21H23ClN8O3S.CH4/c2*1-12-10-28(6-7-34(12,32)33)21-14(8-15(22)16-9-24-11-29(16)21)13(2)26-20(31)17-18(23)27-30-5-3-4-25-19(17)30;/h2*3-5,8-9,11-13H,6-7,10H2,1-2H3,(H2,23,27)(H,26,31);1H4/t12-,13+;12-,13-;/m10./s1. The van der Waals surface area contributed by atoms with Crippen LogP contribution < -0.4 is 31.9 Å². The summed E-state index contributed by atoms with van der Waals surface area (Å²) in [6.07, 6.45) is 13.0. The molecule has 6 N–H and O–H groups in total. The number of pyridine rings is 2. The fourth-order valence-corrected chi connectivity index (χ4v) is 11.7. The number of nitrogen functional groups attached to an aromatic ring is 2. The van der Waals surface area contributed by atoms with E-state index >= 15 is 0 Å². The van der Waals surface area contributed by atoms with Gasteiger partial charge in [0.25, 0.3) is 11.8 Å². The van der Waals surface area contributed by atoms with Crippen molar-refractivity contribution in [3.05, 3.63) is 106 Å². The molecule has 0 bridgehead atoms. The summed E-state index contributed by atoms with van der Waals surface area (Å²) >= 11 is 13.1. The molecule has 0 aliphatic carbocycles. The van der Waals surface area contributed by atoms with Gasteiger partial charge in [-0.2, -0.15) is 0 Å². The number of nitrogens with two attached hydrogens (primary N) is 2. The van der Waals surface area contributed by atoms with Gasteiger partial charge in [0.05, 0.1) is 67.6 Å². The van der Waals surface area contributed by atoms with E-state index in [1.54, 1.807) is 87.9 Å². The van der Waals surface area contributed by atoms with Crippen LogP contribution in [0.2, 0.25) is 10.0 Å². The molecule has 2 fully saturated rings. The third-order valence-corrected chi connectivity index (χ3v) is 17.2. The van der Waals surface area contributed by atoms with Crippen LogP contribution in [0.25, 0.3) is 22.3 Å². The summed E-state index contributed by atoms with van der Waals surface area (Å²) in [7, 11) is -6.30. The Morgan fingerprint density at radius 1 is 0.696 bits per heavy atom. The number of hydrogen-bond acceptors (Lipinski definition) is 16. The van der Waals surface area contributed by atoms with E-state index in [9.17, 15) is 26.4 Å². The lowest BCUT2D eigenvalue weighted by atomic mass is 10.1. The highest BCUT2D eigenvalue weighted by molar-refractivity contribution is 7.92. The lowest BCUT2D eigenvalue weighted by Crippen LogP contribution is -2.46. The fraction of sp³-hybridized carbons (Fsp3) is 0.349. The van der Waals surface area contributed by atoms with E-state index in [-0.39, 0.29) is 41.7 Å². The minimum atomic E-state index is -3.15. The Morgan fingerprint density at radius 3 is 1.46 bits per heavy atom. The first-order chi connectivity index (χ1) is 32.3. The maximum absolute atomic E-state index is 13.2. The van der Waals surface area contributed by atoms with Gasteiger partial charge in [0.2, 0.25) is 0 Å². The summed E-state index contributed by atoms with van der Waals surface area (Å²) in [5, 5.41) is 14.1. The number of sulfone groups is 2. The lowest BCUT2D eigenvalue weighted by Gasteiger charge is -2.35. The molecule has 10 heterocycles. The highest BCUT2D eigenvalue weighted by Crippen LogP contribution is 2.36. The average molecular weight is 1020 g/mol. The molecule has 2 aliphatic rings. The molecule has 0 radical (unpaired) electrons. The fourth-order valence-electron chi connectivity index (χ4n) is 8.65. The zero-order valence-electron chi connectivity index (χ0n) is 37.0. The van der Waals surface area contributed by atoms with Gasteiger partial charge >= 0.3 is 0 Å². The number of hydrogen-bond donors (Lipinski definition) is 4.